The van der Waals surface area contributed by atoms with Gasteiger partial charge >= 0.3 is 0 Å². The Morgan fingerprint density at radius 2 is 2.33 bits per heavy atom. The van der Waals surface area contributed by atoms with Gasteiger partial charge in [-0.05, 0) is 13.3 Å². The second kappa shape index (κ2) is 7.53. The summed E-state index contributed by atoms with van der Waals surface area (Å²) in [5.41, 5.74) is 6.54. The van der Waals surface area contributed by atoms with Gasteiger partial charge in [-0.1, -0.05) is 18.7 Å². The minimum atomic E-state index is -0.102. The van der Waals surface area contributed by atoms with Crippen LogP contribution in [0.3, 0.4) is 0 Å². The lowest BCUT2D eigenvalue weighted by atomic mass is 10.4. The minimum absolute atomic E-state index is 0.102. The van der Waals surface area contributed by atoms with Gasteiger partial charge in [0.15, 0.2) is 10.3 Å². The lowest BCUT2D eigenvalue weighted by Crippen LogP contribution is -2.15. The SMILES string of the molecule is CCCn1c(CN)nnc1SCC(=O)Nc1nc(C)cs1. The third-order valence-electron chi connectivity index (χ3n) is 2.62. The molecule has 9 heteroatoms. The molecule has 2 aromatic heterocycles. The van der Waals surface area contributed by atoms with E-state index in [1.165, 1.54) is 23.1 Å². The lowest BCUT2D eigenvalue weighted by Gasteiger charge is -2.07. The molecule has 114 valence electrons. The van der Waals surface area contributed by atoms with Crippen molar-refractivity contribution >= 4 is 34.1 Å². The number of aromatic nitrogens is 4. The van der Waals surface area contributed by atoms with E-state index in [4.69, 9.17) is 5.73 Å². The van der Waals surface area contributed by atoms with E-state index in [0.717, 1.165) is 29.6 Å². The predicted molar refractivity (Wildman–Crippen MR) is 84.4 cm³/mol. The smallest absolute Gasteiger partial charge is 0.236 e. The molecular formula is C12H18N6OS2. The van der Waals surface area contributed by atoms with E-state index in [0.29, 0.717) is 11.7 Å². The molecule has 1 amide bonds. The number of carbonyl (C=O) groups is 1. The number of amides is 1. The van der Waals surface area contributed by atoms with Crippen LogP contribution < -0.4 is 11.1 Å². The van der Waals surface area contributed by atoms with Crippen molar-refractivity contribution in [3.8, 4) is 0 Å². The van der Waals surface area contributed by atoms with Crippen molar-refractivity contribution in [2.24, 2.45) is 5.73 Å². The number of anilines is 1. The Morgan fingerprint density at radius 1 is 1.52 bits per heavy atom. The highest BCUT2D eigenvalue weighted by Crippen LogP contribution is 2.19. The van der Waals surface area contributed by atoms with Crippen LogP contribution in [0.5, 0.6) is 0 Å². The summed E-state index contributed by atoms with van der Waals surface area (Å²) in [5, 5.41) is 14.1. The van der Waals surface area contributed by atoms with Gasteiger partial charge in [0.2, 0.25) is 5.91 Å². The number of hydrogen-bond acceptors (Lipinski definition) is 7. The van der Waals surface area contributed by atoms with Crippen molar-refractivity contribution in [2.75, 3.05) is 11.1 Å². The number of rotatable bonds is 7. The van der Waals surface area contributed by atoms with Gasteiger partial charge in [-0.25, -0.2) is 4.98 Å². The van der Waals surface area contributed by atoms with E-state index < -0.39 is 0 Å². The zero-order chi connectivity index (χ0) is 15.2. The van der Waals surface area contributed by atoms with Gasteiger partial charge in [0.05, 0.1) is 18.0 Å². The summed E-state index contributed by atoms with van der Waals surface area (Å²) in [6, 6.07) is 0. The first-order chi connectivity index (χ1) is 10.1. The number of thioether (sulfide) groups is 1. The van der Waals surface area contributed by atoms with Crippen molar-refractivity contribution in [3.63, 3.8) is 0 Å². The minimum Gasteiger partial charge on any atom is -0.324 e. The highest BCUT2D eigenvalue weighted by Gasteiger charge is 2.13. The molecule has 21 heavy (non-hydrogen) atoms. The lowest BCUT2D eigenvalue weighted by molar-refractivity contribution is -0.113. The van der Waals surface area contributed by atoms with Gasteiger partial charge < -0.3 is 15.6 Å². The third-order valence-corrected chi connectivity index (χ3v) is 4.46. The Kier molecular flexibility index (Phi) is 5.71. The fraction of sp³-hybridized carbons (Fsp3) is 0.500. The van der Waals surface area contributed by atoms with Crippen LogP contribution in [0, 0.1) is 6.92 Å². The van der Waals surface area contributed by atoms with Gasteiger partial charge in [-0.15, -0.1) is 21.5 Å². The number of nitrogens with one attached hydrogen (secondary N) is 1. The summed E-state index contributed by atoms with van der Waals surface area (Å²) in [6.45, 7) is 5.11. The largest absolute Gasteiger partial charge is 0.324 e. The first kappa shape index (κ1) is 15.9. The third kappa shape index (κ3) is 4.26. The van der Waals surface area contributed by atoms with E-state index in [2.05, 4.69) is 27.4 Å². The van der Waals surface area contributed by atoms with E-state index >= 15 is 0 Å². The number of thiazole rings is 1. The molecule has 0 radical (unpaired) electrons. The molecule has 0 aliphatic heterocycles. The molecule has 0 saturated carbocycles. The molecule has 0 fully saturated rings. The number of aryl methyl sites for hydroxylation is 1. The molecule has 2 aromatic rings. The molecule has 3 N–H and O–H groups in total. The molecule has 0 bridgehead atoms. The molecule has 0 saturated heterocycles. The molecule has 2 heterocycles. The number of hydrogen-bond donors (Lipinski definition) is 2. The van der Waals surface area contributed by atoms with Crippen molar-refractivity contribution < 1.29 is 4.79 Å². The first-order valence-corrected chi connectivity index (χ1v) is 8.47. The van der Waals surface area contributed by atoms with Crippen LogP contribution in [0.2, 0.25) is 0 Å². The van der Waals surface area contributed by atoms with Crippen LogP contribution >= 0.6 is 23.1 Å². The van der Waals surface area contributed by atoms with Crippen LogP contribution in [0.4, 0.5) is 5.13 Å². The Balaban J connectivity index is 1.93. The molecule has 0 atom stereocenters. The van der Waals surface area contributed by atoms with E-state index in [1.807, 2.05) is 16.9 Å². The van der Waals surface area contributed by atoms with Gasteiger partial charge in [0.25, 0.3) is 0 Å². The highest BCUT2D eigenvalue weighted by atomic mass is 32.2. The second-order valence-electron chi connectivity index (χ2n) is 4.39. The molecule has 0 aromatic carbocycles. The van der Waals surface area contributed by atoms with Gasteiger partial charge in [-0.3, -0.25) is 4.79 Å². The molecule has 0 unspecified atom stereocenters. The maximum Gasteiger partial charge on any atom is 0.236 e. The average Bonchev–Trinajstić information content (AvgIpc) is 3.03. The summed E-state index contributed by atoms with van der Waals surface area (Å²) in [5.74, 6) is 0.912. The van der Waals surface area contributed by atoms with Crippen LogP contribution in [0.1, 0.15) is 24.9 Å². The molecule has 0 aliphatic rings. The van der Waals surface area contributed by atoms with Crippen LogP contribution in [-0.4, -0.2) is 31.4 Å². The van der Waals surface area contributed by atoms with Crippen LogP contribution in [-0.2, 0) is 17.9 Å². The molecule has 0 aliphatic carbocycles. The van der Waals surface area contributed by atoms with Crippen molar-refractivity contribution in [1.29, 1.82) is 0 Å². The Labute approximate surface area is 131 Å². The number of nitrogens with zero attached hydrogens (tertiary/aromatic N) is 4. The molecular weight excluding hydrogens is 308 g/mol. The zero-order valence-electron chi connectivity index (χ0n) is 12.0. The number of nitrogens with two attached hydrogens (primary N) is 1. The molecule has 7 nitrogen and oxygen atoms in total. The molecule has 0 spiro atoms. The molecule has 2 rings (SSSR count). The standard InChI is InChI=1S/C12H18N6OS2/c1-3-4-18-9(5-13)16-17-12(18)21-7-10(19)15-11-14-8(2)6-20-11/h6H,3-5,7,13H2,1-2H3,(H,14,15,19). The van der Waals surface area contributed by atoms with Crippen molar-refractivity contribution in [2.45, 2.75) is 38.5 Å². The van der Waals surface area contributed by atoms with Crippen LogP contribution in [0.25, 0.3) is 0 Å². The average molecular weight is 326 g/mol. The topological polar surface area (TPSA) is 98.7 Å². The Bertz CT molecular complexity index is 609. The second-order valence-corrected chi connectivity index (χ2v) is 6.19. The highest BCUT2D eigenvalue weighted by molar-refractivity contribution is 7.99. The summed E-state index contributed by atoms with van der Waals surface area (Å²) < 4.78 is 1.96. The van der Waals surface area contributed by atoms with Crippen molar-refractivity contribution in [1.82, 2.24) is 19.7 Å². The zero-order valence-corrected chi connectivity index (χ0v) is 13.6. The normalized spacial score (nSPS) is 10.8. The van der Waals surface area contributed by atoms with Crippen LogP contribution in [0.15, 0.2) is 10.5 Å². The predicted octanol–water partition coefficient (Wildman–Crippen LogP) is 1.64. The summed E-state index contributed by atoms with van der Waals surface area (Å²) in [4.78, 5) is 16.1. The van der Waals surface area contributed by atoms with Gasteiger partial charge in [-0.2, -0.15) is 0 Å². The number of carbonyl (C=O) groups excluding carboxylic acids is 1. The summed E-state index contributed by atoms with van der Waals surface area (Å²) in [7, 11) is 0. The van der Waals surface area contributed by atoms with E-state index in [9.17, 15) is 4.79 Å². The monoisotopic (exact) mass is 326 g/mol. The van der Waals surface area contributed by atoms with Gasteiger partial charge in [0, 0.05) is 11.9 Å². The van der Waals surface area contributed by atoms with E-state index in [1.54, 1.807) is 0 Å². The van der Waals surface area contributed by atoms with E-state index in [-0.39, 0.29) is 11.7 Å². The summed E-state index contributed by atoms with van der Waals surface area (Å²) in [6.07, 6.45) is 0.961. The van der Waals surface area contributed by atoms with Crippen molar-refractivity contribution in [3.05, 3.63) is 16.9 Å². The maximum atomic E-state index is 11.9. The fourth-order valence-electron chi connectivity index (χ4n) is 1.72. The quantitative estimate of drug-likeness (QED) is 0.751. The fourth-order valence-corrected chi connectivity index (χ4v) is 3.21. The Hall–Kier alpha value is -1.45. The maximum absolute atomic E-state index is 11.9. The first-order valence-electron chi connectivity index (χ1n) is 6.61. The summed E-state index contributed by atoms with van der Waals surface area (Å²) >= 11 is 2.77. The Morgan fingerprint density at radius 3 is 2.95 bits per heavy atom. The van der Waals surface area contributed by atoms with Gasteiger partial charge in [0.1, 0.15) is 5.82 Å².